The maximum absolute atomic E-state index is 10.7. The Balaban J connectivity index is 1.62. The minimum Gasteiger partial charge on any atom is -0.390 e. The van der Waals surface area contributed by atoms with Gasteiger partial charge in [0, 0.05) is 6.21 Å². The summed E-state index contributed by atoms with van der Waals surface area (Å²) >= 11 is 0. The van der Waals surface area contributed by atoms with Gasteiger partial charge in [-0.15, -0.1) is 0 Å². The van der Waals surface area contributed by atoms with E-state index in [-0.39, 0.29) is 0 Å². The van der Waals surface area contributed by atoms with E-state index in [1.165, 1.54) is 0 Å². The van der Waals surface area contributed by atoms with Crippen LogP contribution >= 0.6 is 0 Å². The zero-order chi connectivity index (χ0) is 17.5. The number of hydrogen-bond donors (Lipinski definition) is 1. The Kier molecular flexibility index (Phi) is 5.87. The molecule has 0 bridgehead atoms. The van der Waals surface area contributed by atoms with Crippen LogP contribution in [0, 0.1) is 5.92 Å². The lowest BCUT2D eigenvalue weighted by Crippen LogP contribution is -2.31. The van der Waals surface area contributed by atoms with Crippen LogP contribution < -0.4 is 5.01 Å². The molecule has 2 aromatic rings. The second-order valence-electron chi connectivity index (χ2n) is 7.07. The summed E-state index contributed by atoms with van der Waals surface area (Å²) in [6, 6.07) is 20.4. The zero-order valence-electron chi connectivity index (χ0n) is 15.0. The Morgan fingerprint density at radius 1 is 1.08 bits per heavy atom. The minimum atomic E-state index is -0.452. The number of rotatable bonds is 7. The highest BCUT2D eigenvalue weighted by Gasteiger charge is 2.37. The number of anilines is 2. The normalized spacial score (nSPS) is 23.2. The first-order valence-electron chi connectivity index (χ1n) is 9.34. The first kappa shape index (κ1) is 17.7. The quantitative estimate of drug-likeness (QED) is 0.410. The second kappa shape index (κ2) is 8.30. The molecular weight excluding hydrogens is 308 g/mol. The molecule has 0 aliphatic heterocycles. The third-order valence-electron chi connectivity index (χ3n) is 5.31. The largest absolute Gasteiger partial charge is 0.390 e. The van der Waals surface area contributed by atoms with Gasteiger partial charge in [0.15, 0.2) is 0 Å². The number of nitrogens with zero attached hydrogens (tertiary/aromatic N) is 2. The molecule has 1 aliphatic rings. The molecule has 1 aliphatic carbocycles. The molecule has 0 aromatic heterocycles. The van der Waals surface area contributed by atoms with Crippen LogP contribution in [0.25, 0.3) is 0 Å². The van der Waals surface area contributed by atoms with Crippen molar-refractivity contribution in [3.05, 3.63) is 60.7 Å². The number of aliphatic hydroxyl groups is 1. The van der Waals surface area contributed by atoms with Gasteiger partial charge in [0.05, 0.1) is 17.0 Å². The molecule has 1 saturated carbocycles. The van der Waals surface area contributed by atoms with Gasteiger partial charge in [0.2, 0.25) is 0 Å². The Morgan fingerprint density at radius 3 is 2.20 bits per heavy atom. The van der Waals surface area contributed by atoms with E-state index in [9.17, 15) is 5.11 Å². The molecule has 2 aromatic carbocycles. The number of hydrogen-bond acceptors (Lipinski definition) is 3. The van der Waals surface area contributed by atoms with Crippen molar-refractivity contribution in [1.82, 2.24) is 0 Å². The van der Waals surface area contributed by atoms with E-state index in [1.807, 2.05) is 47.6 Å². The van der Waals surface area contributed by atoms with E-state index in [2.05, 4.69) is 31.2 Å². The fraction of sp³-hybridized carbons (Fsp3) is 0.409. The lowest BCUT2D eigenvalue weighted by atomic mass is 9.87. The van der Waals surface area contributed by atoms with Gasteiger partial charge in [-0.25, -0.2) is 5.01 Å². The SMILES string of the molecule is CC1CCCC1(O)CCC/C=N/N(c1ccccc1)c1ccccc1. The van der Waals surface area contributed by atoms with E-state index in [4.69, 9.17) is 5.10 Å². The van der Waals surface area contributed by atoms with Gasteiger partial charge in [-0.1, -0.05) is 49.7 Å². The Bertz CT molecular complexity index is 631. The standard InChI is InChI=1S/C22H28N2O/c1-19-11-10-17-22(19,25)16-8-9-18-23-24(20-12-4-2-5-13-20)21-14-6-3-7-15-21/h2-7,12-15,18-19,25H,8-11,16-17H2,1H3/b23-18+. The van der Waals surface area contributed by atoms with Gasteiger partial charge in [0.1, 0.15) is 0 Å². The monoisotopic (exact) mass is 336 g/mol. The first-order chi connectivity index (χ1) is 12.2. The molecule has 3 rings (SSSR count). The van der Waals surface area contributed by atoms with Crippen molar-refractivity contribution in [3.63, 3.8) is 0 Å². The van der Waals surface area contributed by atoms with E-state index in [1.54, 1.807) is 0 Å². The van der Waals surface area contributed by atoms with Crippen molar-refractivity contribution in [2.45, 2.75) is 51.0 Å². The third kappa shape index (κ3) is 4.49. The number of benzene rings is 2. The lowest BCUT2D eigenvalue weighted by molar-refractivity contribution is -0.000185. The maximum atomic E-state index is 10.7. The van der Waals surface area contributed by atoms with Crippen molar-refractivity contribution in [3.8, 4) is 0 Å². The molecule has 1 N–H and O–H groups in total. The summed E-state index contributed by atoms with van der Waals surface area (Å²) in [6.07, 6.45) is 7.96. The molecule has 1 fully saturated rings. The van der Waals surface area contributed by atoms with Gasteiger partial charge in [-0.05, 0) is 62.3 Å². The summed E-state index contributed by atoms with van der Waals surface area (Å²) in [5.74, 6) is 0.426. The molecule has 3 nitrogen and oxygen atoms in total. The summed E-state index contributed by atoms with van der Waals surface area (Å²) in [6.45, 7) is 2.17. The number of hydrazone groups is 1. The van der Waals surface area contributed by atoms with Gasteiger partial charge in [-0.3, -0.25) is 0 Å². The van der Waals surface area contributed by atoms with E-state index >= 15 is 0 Å². The van der Waals surface area contributed by atoms with Crippen LogP contribution in [0.4, 0.5) is 11.4 Å². The molecule has 3 heteroatoms. The topological polar surface area (TPSA) is 35.8 Å². The fourth-order valence-electron chi connectivity index (χ4n) is 3.66. The molecule has 25 heavy (non-hydrogen) atoms. The second-order valence-corrected chi connectivity index (χ2v) is 7.07. The summed E-state index contributed by atoms with van der Waals surface area (Å²) < 4.78 is 0. The predicted octanol–water partition coefficient (Wildman–Crippen LogP) is 5.53. The van der Waals surface area contributed by atoms with Crippen molar-refractivity contribution < 1.29 is 5.11 Å². The third-order valence-corrected chi connectivity index (χ3v) is 5.31. The average molecular weight is 336 g/mol. The molecular formula is C22H28N2O. The van der Waals surface area contributed by atoms with Gasteiger partial charge < -0.3 is 5.11 Å². The van der Waals surface area contributed by atoms with Crippen LogP contribution in [-0.4, -0.2) is 16.9 Å². The van der Waals surface area contributed by atoms with Crippen molar-refractivity contribution in [2.24, 2.45) is 11.0 Å². The molecule has 132 valence electrons. The highest BCUT2D eigenvalue weighted by Crippen LogP contribution is 2.38. The minimum absolute atomic E-state index is 0.426. The van der Waals surface area contributed by atoms with Crippen molar-refractivity contribution >= 4 is 17.6 Å². The highest BCUT2D eigenvalue weighted by atomic mass is 16.3. The Labute approximate surface area is 151 Å². The Morgan fingerprint density at radius 2 is 1.68 bits per heavy atom. The van der Waals surface area contributed by atoms with E-state index in [0.29, 0.717) is 5.92 Å². The van der Waals surface area contributed by atoms with Crippen LogP contribution in [0.5, 0.6) is 0 Å². The summed E-state index contributed by atoms with van der Waals surface area (Å²) in [5.41, 5.74) is 1.65. The molecule has 0 spiro atoms. The predicted molar refractivity (Wildman–Crippen MR) is 105 cm³/mol. The van der Waals surface area contributed by atoms with Crippen LogP contribution in [-0.2, 0) is 0 Å². The summed E-state index contributed by atoms with van der Waals surface area (Å²) in [5, 5.41) is 17.3. The van der Waals surface area contributed by atoms with E-state index < -0.39 is 5.60 Å². The average Bonchev–Trinajstić information content (AvgIpc) is 2.98. The van der Waals surface area contributed by atoms with Crippen molar-refractivity contribution in [2.75, 3.05) is 5.01 Å². The smallest absolute Gasteiger partial charge is 0.0673 e. The molecule has 0 radical (unpaired) electrons. The molecule has 0 saturated heterocycles. The van der Waals surface area contributed by atoms with Gasteiger partial charge in [-0.2, -0.15) is 5.10 Å². The lowest BCUT2D eigenvalue weighted by Gasteiger charge is -2.27. The van der Waals surface area contributed by atoms with Gasteiger partial charge in [0.25, 0.3) is 0 Å². The summed E-state index contributed by atoms with van der Waals surface area (Å²) in [7, 11) is 0. The highest BCUT2D eigenvalue weighted by molar-refractivity contribution is 5.67. The van der Waals surface area contributed by atoms with Crippen molar-refractivity contribution in [1.29, 1.82) is 0 Å². The maximum Gasteiger partial charge on any atom is 0.0673 e. The number of unbranched alkanes of at least 4 members (excludes halogenated alkanes) is 1. The Hall–Kier alpha value is -2.13. The van der Waals surface area contributed by atoms with Crippen LogP contribution in [0.15, 0.2) is 65.8 Å². The zero-order valence-corrected chi connectivity index (χ0v) is 15.0. The van der Waals surface area contributed by atoms with Crippen LogP contribution in [0.2, 0.25) is 0 Å². The molecule has 0 heterocycles. The van der Waals surface area contributed by atoms with Crippen LogP contribution in [0.3, 0.4) is 0 Å². The molecule has 2 atom stereocenters. The summed E-state index contributed by atoms with van der Waals surface area (Å²) in [4.78, 5) is 0. The van der Waals surface area contributed by atoms with E-state index in [0.717, 1.165) is 49.9 Å². The number of para-hydroxylation sites is 2. The van der Waals surface area contributed by atoms with Gasteiger partial charge >= 0.3 is 0 Å². The molecule has 0 amide bonds. The molecule has 2 unspecified atom stereocenters. The fourth-order valence-corrected chi connectivity index (χ4v) is 3.66. The first-order valence-corrected chi connectivity index (χ1v) is 9.34. The van der Waals surface area contributed by atoms with Crippen LogP contribution in [0.1, 0.15) is 45.4 Å².